The Balaban J connectivity index is 2.08. The van der Waals surface area contributed by atoms with Gasteiger partial charge in [0.15, 0.2) is 0 Å². The van der Waals surface area contributed by atoms with Crippen LogP contribution in [0.2, 0.25) is 0 Å². The number of hydrogen-bond acceptors (Lipinski definition) is 7. The summed E-state index contributed by atoms with van der Waals surface area (Å²) in [6.07, 6.45) is -2.28. The molecule has 0 spiro atoms. The highest BCUT2D eigenvalue weighted by Gasteiger charge is 2.31. The van der Waals surface area contributed by atoms with Crippen LogP contribution < -0.4 is 10.6 Å². The molecule has 9 heteroatoms. The van der Waals surface area contributed by atoms with Crippen LogP contribution in [0.25, 0.3) is 0 Å². The Hall–Kier alpha value is -3.14. The molecule has 9 nitrogen and oxygen atoms in total. The number of aliphatic hydroxyl groups is 2. The van der Waals surface area contributed by atoms with Gasteiger partial charge < -0.3 is 35.2 Å². The number of likely N-dealkylation sites (N-methyl/N-ethyl adjacent to an activating group) is 1. The first-order valence-electron chi connectivity index (χ1n) is 13.7. The summed E-state index contributed by atoms with van der Waals surface area (Å²) in [6.45, 7) is 10.9. The number of rotatable bonds is 12. The zero-order chi connectivity index (χ0) is 29.9. The van der Waals surface area contributed by atoms with Gasteiger partial charge in [0.2, 0.25) is 0 Å². The fraction of sp³-hybridized carbons (Fsp3) is 0.548. The van der Waals surface area contributed by atoms with Crippen molar-refractivity contribution in [2.45, 2.75) is 89.9 Å². The molecule has 0 bridgehead atoms. The molecule has 0 fully saturated rings. The molecule has 2 amide bonds. The quantitative estimate of drug-likeness (QED) is 0.312. The molecule has 0 saturated carbocycles. The Morgan fingerprint density at radius 2 is 1.25 bits per heavy atom. The van der Waals surface area contributed by atoms with E-state index >= 15 is 0 Å². The molecule has 2 aromatic rings. The minimum Gasteiger partial charge on any atom is -0.444 e. The summed E-state index contributed by atoms with van der Waals surface area (Å²) in [5, 5.41) is 28.1. The largest absolute Gasteiger partial charge is 0.444 e. The maximum atomic E-state index is 12.8. The van der Waals surface area contributed by atoms with Gasteiger partial charge in [-0.15, -0.1) is 0 Å². The van der Waals surface area contributed by atoms with E-state index in [1.807, 2.05) is 60.7 Å². The van der Waals surface area contributed by atoms with E-state index < -0.39 is 47.7 Å². The van der Waals surface area contributed by atoms with Crippen LogP contribution in [0.4, 0.5) is 9.59 Å². The highest BCUT2D eigenvalue weighted by molar-refractivity contribution is 5.68. The smallest absolute Gasteiger partial charge is 0.410 e. The van der Waals surface area contributed by atoms with E-state index in [2.05, 4.69) is 10.6 Å². The standard InChI is InChI=1S/C31H47N3O6/c1-30(2,3)39-28(37)33-24(18-22-14-10-8-11-15-22)26(35)20-32-21-27(36)25(19-23-16-12-9-13-17-23)34(7)29(38)40-31(4,5)6/h8-17,24-27,32,35-36H,18-21H2,1-7H3,(H,33,37)/t24-,25-,26+,27+/m0/s1. The van der Waals surface area contributed by atoms with E-state index in [0.29, 0.717) is 12.8 Å². The van der Waals surface area contributed by atoms with Crippen molar-refractivity contribution in [2.75, 3.05) is 20.1 Å². The van der Waals surface area contributed by atoms with Crippen LogP contribution in [-0.4, -0.2) is 82.9 Å². The monoisotopic (exact) mass is 557 g/mol. The molecule has 0 aliphatic rings. The number of benzene rings is 2. The minimum atomic E-state index is -0.976. The SMILES string of the molecule is CN(C(=O)OC(C)(C)C)[C@@H](Cc1ccccc1)[C@H](O)CNC[C@@H](O)[C@H](Cc1ccccc1)NC(=O)OC(C)(C)C. The van der Waals surface area contributed by atoms with Crippen molar-refractivity contribution < 1.29 is 29.3 Å². The van der Waals surface area contributed by atoms with Crippen LogP contribution >= 0.6 is 0 Å². The molecule has 0 aliphatic carbocycles. The van der Waals surface area contributed by atoms with Crippen molar-refractivity contribution >= 4 is 12.2 Å². The summed E-state index contributed by atoms with van der Waals surface area (Å²) in [5.74, 6) is 0. The fourth-order valence-electron chi connectivity index (χ4n) is 4.12. The van der Waals surface area contributed by atoms with E-state index in [1.54, 1.807) is 48.6 Å². The number of alkyl carbamates (subject to hydrolysis) is 1. The van der Waals surface area contributed by atoms with Gasteiger partial charge in [0.1, 0.15) is 11.2 Å². The van der Waals surface area contributed by atoms with Crippen molar-refractivity contribution in [1.29, 1.82) is 0 Å². The Morgan fingerprint density at radius 1 is 0.775 bits per heavy atom. The van der Waals surface area contributed by atoms with Gasteiger partial charge in [0.05, 0.1) is 24.3 Å². The van der Waals surface area contributed by atoms with Gasteiger partial charge in [-0.05, 0) is 65.5 Å². The van der Waals surface area contributed by atoms with Gasteiger partial charge in [-0.25, -0.2) is 9.59 Å². The average Bonchev–Trinajstić information content (AvgIpc) is 2.85. The molecule has 222 valence electrons. The van der Waals surface area contributed by atoms with Crippen LogP contribution in [0, 0.1) is 0 Å². The lowest BCUT2D eigenvalue weighted by atomic mass is 9.99. The summed E-state index contributed by atoms with van der Waals surface area (Å²) in [6, 6.07) is 17.9. The molecular formula is C31H47N3O6. The van der Waals surface area contributed by atoms with Crippen molar-refractivity contribution in [3.8, 4) is 0 Å². The Labute approximate surface area is 238 Å². The van der Waals surface area contributed by atoms with E-state index in [0.717, 1.165) is 11.1 Å². The van der Waals surface area contributed by atoms with Crippen LogP contribution in [0.15, 0.2) is 60.7 Å². The predicted octanol–water partition coefficient (Wildman–Crippen LogP) is 3.91. The summed E-state index contributed by atoms with van der Waals surface area (Å²) in [7, 11) is 1.61. The second-order valence-corrected chi connectivity index (χ2v) is 12.1. The number of nitrogens with one attached hydrogen (secondary N) is 2. The number of nitrogens with zero attached hydrogens (tertiary/aromatic N) is 1. The van der Waals surface area contributed by atoms with E-state index in [4.69, 9.17) is 9.47 Å². The van der Waals surface area contributed by atoms with Crippen LogP contribution in [0.5, 0.6) is 0 Å². The Bertz CT molecular complexity index is 1040. The normalized spacial score (nSPS) is 14.9. The van der Waals surface area contributed by atoms with Gasteiger partial charge in [-0.2, -0.15) is 0 Å². The summed E-state index contributed by atoms with van der Waals surface area (Å²) < 4.78 is 10.9. The van der Waals surface area contributed by atoms with Crippen molar-refractivity contribution in [3.63, 3.8) is 0 Å². The van der Waals surface area contributed by atoms with Gasteiger partial charge in [-0.3, -0.25) is 0 Å². The molecule has 0 aromatic heterocycles. The van der Waals surface area contributed by atoms with Crippen molar-refractivity contribution in [3.05, 3.63) is 71.8 Å². The number of amides is 2. The average molecular weight is 558 g/mol. The topological polar surface area (TPSA) is 120 Å². The van der Waals surface area contributed by atoms with Crippen LogP contribution in [0.1, 0.15) is 52.7 Å². The predicted molar refractivity (Wildman–Crippen MR) is 156 cm³/mol. The van der Waals surface area contributed by atoms with Gasteiger partial charge >= 0.3 is 12.2 Å². The number of carbonyl (C=O) groups is 2. The molecule has 40 heavy (non-hydrogen) atoms. The number of ether oxygens (including phenoxy) is 2. The second-order valence-electron chi connectivity index (χ2n) is 12.1. The van der Waals surface area contributed by atoms with Crippen LogP contribution in [-0.2, 0) is 22.3 Å². The third kappa shape index (κ3) is 12.4. The van der Waals surface area contributed by atoms with E-state index in [-0.39, 0.29) is 13.1 Å². The second kappa shape index (κ2) is 15.0. The minimum absolute atomic E-state index is 0.0958. The molecule has 4 atom stereocenters. The zero-order valence-electron chi connectivity index (χ0n) is 24.9. The summed E-state index contributed by atoms with van der Waals surface area (Å²) in [4.78, 5) is 26.7. The summed E-state index contributed by atoms with van der Waals surface area (Å²) in [5.41, 5.74) is 0.559. The lowest BCUT2D eigenvalue weighted by Gasteiger charge is -2.34. The third-order valence-electron chi connectivity index (χ3n) is 6.08. The molecule has 2 rings (SSSR count). The Kier molecular flexibility index (Phi) is 12.4. The first-order valence-corrected chi connectivity index (χ1v) is 13.7. The molecule has 4 N–H and O–H groups in total. The third-order valence-corrected chi connectivity index (χ3v) is 6.08. The molecule has 0 aliphatic heterocycles. The summed E-state index contributed by atoms with van der Waals surface area (Å²) >= 11 is 0. The van der Waals surface area contributed by atoms with Gasteiger partial charge in [0, 0.05) is 20.1 Å². The fourth-order valence-corrected chi connectivity index (χ4v) is 4.12. The zero-order valence-corrected chi connectivity index (χ0v) is 24.9. The van der Waals surface area contributed by atoms with E-state index in [9.17, 15) is 19.8 Å². The highest BCUT2D eigenvalue weighted by atomic mass is 16.6. The maximum Gasteiger partial charge on any atom is 0.410 e. The maximum absolute atomic E-state index is 12.8. The van der Waals surface area contributed by atoms with Gasteiger partial charge in [0.25, 0.3) is 0 Å². The number of hydrogen-bond donors (Lipinski definition) is 4. The van der Waals surface area contributed by atoms with Crippen LogP contribution in [0.3, 0.4) is 0 Å². The van der Waals surface area contributed by atoms with E-state index in [1.165, 1.54) is 4.90 Å². The first-order chi connectivity index (χ1) is 18.6. The Morgan fingerprint density at radius 3 is 1.75 bits per heavy atom. The molecular weight excluding hydrogens is 510 g/mol. The number of carbonyl (C=O) groups excluding carboxylic acids is 2. The molecule has 2 aromatic carbocycles. The molecule has 0 heterocycles. The lowest BCUT2D eigenvalue weighted by molar-refractivity contribution is 0.00162. The molecule has 0 saturated heterocycles. The molecule has 0 radical (unpaired) electrons. The first kappa shape index (κ1) is 33.1. The molecule has 0 unspecified atom stereocenters. The number of aliphatic hydroxyl groups excluding tert-OH is 2. The van der Waals surface area contributed by atoms with Crippen molar-refractivity contribution in [1.82, 2.24) is 15.5 Å². The lowest BCUT2D eigenvalue weighted by Crippen LogP contribution is -2.53. The highest BCUT2D eigenvalue weighted by Crippen LogP contribution is 2.16. The van der Waals surface area contributed by atoms with Crippen molar-refractivity contribution in [2.24, 2.45) is 0 Å². The van der Waals surface area contributed by atoms with Gasteiger partial charge in [-0.1, -0.05) is 60.7 Å².